The predicted molar refractivity (Wildman–Crippen MR) is 470 cm³/mol. The third-order valence-electron chi connectivity index (χ3n) is 27.6. The molecular formula is C95H119F6N12O21V3-3. The summed E-state index contributed by atoms with van der Waals surface area (Å²) in [6.45, 7) is 20.0. The number of rotatable bonds is 8. The standard InChI is InChI=1S/C33H41F2N4O7.C33H43F2N4O7.C29H35F2N4O7.3V/c1-6-19-24(15-40)39-14-26(19)45-29-27(36-22-8-7-18(43-5)13-23(22)37-29)33(34,35)16-44-10-9-20-21-11-17(21)12-25(20)46-31(42)38-28(30(39)41)32(2,3)4;1-7-21-24(17-40)39-16-25(21)45-28-26(36-22-11-10-20(43-6)15-23(22)37-28)33(34,35)18-44-14-12-19-9-8-13-32(19,5)46-30(42)38-27(29(39)41)31(2,3)4;1-15-20(13-36)35-12-22(15)41-25-23(32-18-7-6-17(39-5)11-19(18)33-25)29(30,31)14-40-9-8-16-10-21(16)42-27(38)34-24(26(35)37)28(2,3)4;;;/h7-8,13,17,19-21,24-26,28H,6,9-12,14,16H2,1-5H3,(H,38,42);10-11,15,19,21,24-25,27H,7-9,12-14,16,18H2,1-6H3,(H,38,42);6-7,11,15-16,20-22,24H,8-10,12,14H2,1-5H3,(H,34,38);;;/q3*-1;;;/t17?,19-,20+,21?,24+,25+,26-,28+;19-,21-,24+,25-,27+,32+;15-,16+,20+,21+,22-,24+;;;/m000.../s1. The smallest absolute Gasteiger partial charge is 0.408 e. The van der Waals surface area contributed by atoms with Gasteiger partial charge >= 0.3 is 36.0 Å². The number of nitrogens with zero attached hydrogens (tertiary/aromatic N) is 9. The van der Waals surface area contributed by atoms with Gasteiger partial charge in [0.2, 0.25) is 35.4 Å². The van der Waals surface area contributed by atoms with Crippen molar-refractivity contribution in [3.05, 3.63) is 71.7 Å². The number of ether oxygens (including phenoxy) is 12. The minimum atomic E-state index is -3.60. The largest absolute Gasteiger partial charge is 0.540 e. The average molecular weight is 2030 g/mol. The van der Waals surface area contributed by atoms with E-state index in [1.165, 1.54) is 48.2 Å². The van der Waals surface area contributed by atoms with Crippen molar-refractivity contribution in [2.24, 2.45) is 63.6 Å². The Kier molecular flexibility index (Phi) is 34.5. The van der Waals surface area contributed by atoms with Crippen molar-refractivity contribution in [1.82, 2.24) is 60.6 Å². The number of hydrogen-bond acceptors (Lipinski definition) is 27. The number of amides is 6. The molecule has 6 aromatic rings. The molecule has 10 aliphatic rings. The molecule has 745 valence electrons. The Morgan fingerprint density at radius 3 is 1.20 bits per heavy atom. The Morgan fingerprint density at radius 2 is 0.803 bits per heavy atom. The molecule has 6 aliphatic heterocycles. The van der Waals surface area contributed by atoms with Crippen molar-refractivity contribution in [1.29, 1.82) is 0 Å². The van der Waals surface area contributed by atoms with Gasteiger partial charge in [0, 0.05) is 111 Å². The van der Waals surface area contributed by atoms with Crippen LogP contribution in [0.2, 0.25) is 0 Å². The summed E-state index contributed by atoms with van der Waals surface area (Å²) in [7, 11) is 4.42. The summed E-state index contributed by atoms with van der Waals surface area (Å²) in [5.41, 5.74) is -3.81. The molecule has 137 heavy (non-hydrogen) atoms. The third kappa shape index (κ3) is 23.9. The molecular weight excluding hydrogens is 1910 g/mol. The first-order valence-electron chi connectivity index (χ1n) is 45.8. The summed E-state index contributed by atoms with van der Waals surface area (Å²) < 4.78 is 163. The molecule has 16 rings (SSSR count). The van der Waals surface area contributed by atoms with Gasteiger partial charge in [0.05, 0.1) is 74.1 Å². The molecule has 6 bridgehead atoms. The van der Waals surface area contributed by atoms with Gasteiger partial charge in [0.25, 0.3) is 0 Å². The Balaban J connectivity index is 0.000000195. The number of alkyl halides is 6. The molecule has 3 aromatic carbocycles. The molecule has 42 heteroatoms. The second kappa shape index (κ2) is 43.6. The molecule has 3 saturated heterocycles. The van der Waals surface area contributed by atoms with Gasteiger partial charge in [-0.3, -0.25) is 14.4 Å². The number of nitrogens with one attached hydrogen (secondary N) is 3. The van der Waals surface area contributed by atoms with E-state index in [1.54, 1.807) is 112 Å². The number of carbonyl (C=O) groups is 6. The molecule has 3 radical (unpaired) electrons. The number of aromatic nitrogens is 6. The van der Waals surface area contributed by atoms with Crippen LogP contribution in [0.15, 0.2) is 54.6 Å². The van der Waals surface area contributed by atoms with E-state index < -0.39 is 215 Å². The van der Waals surface area contributed by atoms with Gasteiger partial charge in [-0.2, -0.15) is 26.3 Å². The van der Waals surface area contributed by atoms with Crippen molar-refractivity contribution < 1.29 is 182 Å². The monoisotopic (exact) mass is 2030 g/mol. The zero-order valence-electron chi connectivity index (χ0n) is 79.5. The third-order valence-corrected chi connectivity index (χ3v) is 27.6. The zero-order valence-corrected chi connectivity index (χ0v) is 83.7. The summed E-state index contributed by atoms with van der Waals surface area (Å²) in [6, 6.07) is 7.77. The minimum Gasteiger partial charge on any atom is -0.540 e. The summed E-state index contributed by atoms with van der Waals surface area (Å²) in [4.78, 5) is 148. The molecule has 4 aliphatic carbocycles. The first-order chi connectivity index (χ1) is 63.4. The van der Waals surface area contributed by atoms with Crippen molar-refractivity contribution in [3.63, 3.8) is 0 Å². The van der Waals surface area contributed by atoms with E-state index in [0.717, 1.165) is 19.3 Å². The SMILES string of the molecule is CC[C@@H]1[C@@H]2CN(C(=O)[C@H](C(C)(C)C)NC(=O)O[C@@H]3CC4CC4[C@H]3CCOCC(F)(F)c3nc4ccc(OC)cc4nc3O2)[C@@H]1[C-]=O.CC[C@@H]1[C@@H]2CN(C(=O)[C@H](C(C)(C)C)NC(=O)O[C@]3(C)CCC[C@H]3CCOCC(F)(F)c3nc4ccc(OC)cc4nc3O2)[C@@H]1[C-]=O.COc1ccc2nc3c(nc2c1)O[C@H]1CN(C(=O)[C@H](C(C)(C)C)NC(=O)O[C@@H]2C[C@H]2CCOCC3(F)F)[C@H]([C-]=O)[C@@H]1C.[V].[V].[V]. The first-order valence-corrected chi connectivity index (χ1v) is 45.8. The van der Waals surface area contributed by atoms with E-state index in [-0.39, 0.29) is 146 Å². The number of benzene rings is 3. The maximum Gasteiger partial charge on any atom is 0.408 e. The van der Waals surface area contributed by atoms with E-state index in [4.69, 9.17) is 56.8 Å². The molecule has 2 unspecified atom stereocenters. The van der Waals surface area contributed by atoms with Gasteiger partial charge in [-0.25, -0.2) is 63.1 Å². The molecule has 33 nitrogen and oxygen atoms in total. The quantitative estimate of drug-likeness (QED) is 0.0723. The maximum atomic E-state index is 16.0. The number of alkyl carbamates (subject to hydrolysis) is 3. The summed E-state index contributed by atoms with van der Waals surface area (Å²) in [5, 5.41) is 8.24. The fraction of sp³-hybridized carbons (Fsp3) is 0.653. The second-order valence-electron chi connectivity index (χ2n) is 40.0. The van der Waals surface area contributed by atoms with Crippen LogP contribution in [0.1, 0.15) is 178 Å². The molecule has 7 fully saturated rings. The topological polar surface area (TPSA) is 388 Å². The van der Waals surface area contributed by atoms with Crippen LogP contribution in [-0.4, -0.2) is 252 Å². The molecule has 3 aromatic heterocycles. The Hall–Kier alpha value is -9.08. The van der Waals surface area contributed by atoms with Crippen molar-refractivity contribution in [3.8, 4) is 34.9 Å². The van der Waals surface area contributed by atoms with Gasteiger partial charge in [-0.1, -0.05) is 114 Å². The zero-order chi connectivity index (χ0) is 96.8. The molecule has 9 heterocycles. The fourth-order valence-electron chi connectivity index (χ4n) is 19.7. The van der Waals surface area contributed by atoms with Gasteiger partial charge in [-0.05, 0) is 147 Å². The number of halogens is 6. The van der Waals surface area contributed by atoms with Crippen LogP contribution < -0.4 is 44.4 Å². The average Bonchev–Trinajstić information content (AvgIpc) is 1.57. The summed E-state index contributed by atoms with van der Waals surface area (Å²) >= 11 is 0. The van der Waals surface area contributed by atoms with Crippen LogP contribution in [0.3, 0.4) is 0 Å². The Labute approximate surface area is 827 Å². The Bertz CT molecular complexity index is 5260. The number of hydrogen-bond donors (Lipinski definition) is 3. The number of fused-ring (bicyclic) bond motifs is 17. The Morgan fingerprint density at radius 1 is 0.438 bits per heavy atom. The van der Waals surface area contributed by atoms with Gasteiger partial charge in [0.1, 0.15) is 91.3 Å². The van der Waals surface area contributed by atoms with E-state index in [2.05, 4.69) is 45.9 Å². The molecule has 20 atom stereocenters. The van der Waals surface area contributed by atoms with Crippen molar-refractivity contribution in [2.45, 2.75) is 251 Å². The van der Waals surface area contributed by atoms with Gasteiger partial charge < -0.3 is 102 Å². The van der Waals surface area contributed by atoms with Crippen LogP contribution >= 0.6 is 0 Å². The first kappa shape index (κ1) is 108. The summed E-state index contributed by atoms with van der Waals surface area (Å²) in [6.07, 6.45) is 6.39. The summed E-state index contributed by atoms with van der Waals surface area (Å²) in [5.74, 6) is -13.5. The van der Waals surface area contributed by atoms with Crippen LogP contribution in [0.25, 0.3) is 33.1 Å². The molecule has 6 amide bonds. The van der Waals surface area contributed by atoms with Gasteiger partial charge in [-0.15, -0.1) is 0 Å². The van der Waals surface area contributed by atoms with E-state index in [9.17, 15) is 43.2 Å². The molecule has 0 spiro atoms. The van der Waals surface area contributed by atoms with Crippen LogP contribution in [0, 0.1) is 63.6 Å². The van der Waals surface area contributed by atoms with Gasteiger partial charge in [0.15, 0.2) is 17.1 Å². The van der Waals surface area contributed by atoms with E-state index >= 15 is 26.3 Å². The van der Waals surface area contributed by atoms with Crippen LogP contribution in [0.5, 0.6) is 34.9 Å². The predicted octanol–water partition coefficient (Wildman–Crippen LogP) is 12.7. The fourth-order valence-corrected chi connectivity index (χ4v) is 19.7. The normalized spacial score (nSPS) is 30.6. The van der Waals surface area contributed by atoms with E-state index in [1.807, 2.05) is 39.6 Å². The number of methoxy groups -OCH3 is 3. The van der Waals surface area contributed by atoms with Crippen LogP contribution in [0.4, 0.5) is 40.7 Å². The van der Waals surface area contributed by atoms with Crippen molar-refractivity contribution >= 4 is 88.0 Å². The van der Waals surface area contributed by atoms with Crippen LogP contribution in [-0.2, 0) is 131 Å². The number of carbonyl (C=O) groups excluding carboxylic acids is 9. The maximum absolute atomic E-state index is 16.0. The minimum absolute atomic E-state index is 0. The van der Waals surface area contributed by atoms with E-state index in [0.29, 0.717) is 80.5 Å². The molecule has 4 saturated carbocycles. The molecule has 3 N–H and O–H groups in total. The van der Waals surface area contributed by atoms with Crippen molar-refractivity contribution in [2.75, 3.05) is 80.6 Å². The second-order valence-corrected chi connectivity index (χ2v) is 40.0.